The van der Waals surface area contributed by atoms with Gasteiger partial charge in [-0.05, 0) is 48.7 Å². The van der Waals surface area contributed by atoms with Gasteiger partial charge in [0.15, 0.2) is 9.84 Å². The first-order valence-electron chi connectivity index (χ1n) is 13.5. The molecule has 2 saturated heterocycles. The Hall–Kier alpha value is -2.90. The van der Waals surface area contributed by atoms with E-state index in [9.17, 15) is 36.0 Å². The second-order valence-electron chi connectivity index (χ2n) is 12.2. The van der Waals surface area contributed by atoms with Gasteiger partial charge < -0.3 is 21.3 Å². The summed E-state index contributed by atoms with van der Waals surface area (Å²) in [4.78, 5) is 50.1. The molecule has 2 unspecified atom stereocenters. The molecule has 0 bridgehead atoms. The van der Waals surface area contributed by atoms with Gasteiger partial charge in [-0.2, -0.15) is 13.2 Å². The van der Waals surface area contributed by atoms with Crippen LogP contribution in [0.1, 0.15) is 60.8 Å². The van der Waals surface area contributed by atoms with Crippen LogP contribution < -0.4 is 16.4 Å². The van der Waals surface area contributed by atoms with E-state index < -0.39 is 34.0 Å². The van der Waals surface area contributed by atoms with Gasteiger partial charge in [0.1, 0.15) is 6.04 Å². The van der Waals surface area contributed by atoms with Gasteiger partial charge >= 0.3 is 12.1 Å². The maximum Gasteiger partial charge on any atom is 0.470 e. The van der Waals surface area contributed by atoms with E-state index in [-0.39, 0.29) is 52.2 Å². The van der Waals surface area contributed by atoms with E-state index in [1.807, 2.05) is 27.7 Å². The predicted molar refractivity (Wildman–Crippen MR) is 146 cm³/mol. The third-order valence-electron chi connectivity index (χ3n) is 8.00. The van der Waals surface area contributed by atoms with E-state index in [0.717, 1.165) is 5.41 Å². The number of hydrogen-bond acceptors (Lipinski definition) is 6. The fourth-order valence-corrected chi connectivity index (χ4v) is 6.12. The van der Waals surface area contributed by atoms with Gasteiger partial charge in [0, 0.05) is 30.3 Å². The monoisotopic (exact) mass is 606 g/mol. The van der Waals surface area contributed by atoms with Gasteiger partial charge in [-0.25, -0.2) is 8.42 Å². The Morgan fingerprint density at radius 2 is 1.76 bits per heavy atom. The smallest absolute Gasteiger partial charge is 0.362 e. The molecule has 232 valence electrons. The van der Waals surface area contributed by atoms with Crippen molar-refractivity contribution in [2.75, 3.05) is 13.1 Å². The van der Waals surface area contributed by atoms with Crippen LogP contribution in [0.3, 0.4) is 0 Å². The molecule has 3 aliphatic rings. The molecule has 0 saturated carbocycles. The molecule has 41 heavy (non-hydrogen) atoms. The Morgan fingerprint density at radius 3 is 2.17 bits per heavy atom. The quantitative estimate of drug-likeness (QED) is 0.404. The van der Waals surface area contributed by atoms with E-state index in [0.29, 0.717) is 31.8 Å². The van der Waals surface area contributed by atoms with Gasteiger partial charge in [-0.3, -0.25) is 19.2 Å². The molecule has 10 nitrogen and oxygen atoms in total. The number of hydrogen-bond donors (Lipinski definition) is 3. The largest absolute Gasteiger partial charge is 0.470 e. The minimum atomic E-state index is -4.86. The number of sulfone groups is 1. The van der Waals surface area contributed by atoms with Gasteiger partial charge in [0.2, 0.25) is 17.7 Å². The molecule has 0 aromatic carbocycles. The summed E-state index contributed by atoms with van der Waals surface area (Å²) in [6.07, 6.45) is -0.588. The second-order valence-corrected chi connectivity index (χ2v) is 14.0. The van der Waals surface area contributed by atoms with Crippen LogP contribution in [0, 0.1) is 29.1 Å². The third-order valence-corrected chi connectivity index (χ3v) is 9.59. The lowest BCUT2D eigenvalue weighted by Crippen LogP contribution is -2.52. The maximum absolute atomic E-state index is 13.6. The van der Waals surface area contributed by atoms with Crippen molar-refractivity contribution in [2.45, 2.75) is 79.1 Å². The Labute approximate surface area is 239 Å². The van der Waals surface area contributed by atoms with Crippen molar-refractivity contribution >= 4 is 33.5 Å². The molecule has 14 heteroatoms. The molecule has 3 heterocycles. The fourth-order valence-electron chi connectivity index (χ4n) is 4.86. The van der Waals surface area contributed by atoms with Crippen LogP contribution in [0.4, 0.5) is 13.2 Å². The molecule has 2 fully saturated rings. The van der Waals surface area contributed by atoms with Gasteiger partial charge in [0.05, 0.1) is 10.9 Å². The number of nitrogens with zero attached hydrogens (tertiary/aromatic N) is 1. The summed E-state index contributed by atoms with van der Waals surface area (Å²) >= 11 is 0. The van der Waals surface area contributed by atoms with E-state index in [1.54, 1.807) is 4.90 Å². The summed E-state index contributed by atoms with van der Waals surface area (Å²) in [5.74, 6) is -2.95. The van der Waals surface area contributed by atoms with Crippen molar-refractivity contribution < 1.29 is 40.8 Å². The highest BCUT2D eigenvalue weighted by molar-refractivity contribution is 7.98. The van der Waals surface area contributed by atoms with Crippen LogP contribution in [0.25, 0.3) is 0 Å². The number of rotatable bonds is 7. The fraction of sp³-hybridized carbons (Fsp3) is 0.704. The first-order chi connectivity index (χ1) is 18.7. The zero-order valence-electron chi connectivity index (χ0n) is 24.2. The summed E-state index contributed by atoms with van der Waals surface area (Å²) < 4.78 is 57.3. The van der Waals surface area contributed by atoms with Gasteiger partial charge in [-0.1, -0.05) is 41.5 Å². The molecule has 0 spiro atoms. The highest BCUT2D eigenvalue weighted by atomic mass is 32.2. The van der Waals surface area contributed by atoms with Crippen molar-refractivity contribution in [2.24, 2.45) is 34.8 Å². The Balaban J connectivity index is 0.000000745. The molecule has 4 N–H and O–H groups in total. The molecule has 0 aromatic rings. The first-order valence-corrected chi connectivity index (χ1v) is 15.1. The number of nitrogens with one attached hydrogen (secondary N) is 2. The zero-order valence-corrected chi connectivity index (χ0v) is 25.1. The molecule has 0 radical (unpaired) electrons. The van der Waals surface area contributed by atoms with Crippen LogP contribution in [0.15, 0.2) is 22.5 Å². The number of carbonyl (C=O) groups excluding carboxylic acids is 4. The first kappa shape index (κ1) is 34.3. The SMILES string of the molecule is CC(C)[C@@H]1C[C@@H](C(=O)N[C@@H](CC2CCNC2=O)C2=CC=CS2(=O)=O)N(C(=O)C(C)C(C)(C)C)C1.NC(=O)C(F)(F)F. The van der Waals surface area contributed by atoms with E-state index in [2.05, 4.69) is 30.2 Å². The number of halogens is 3. The molecule has 5 atom stereocenters. The summed E-state index contributed by atoms with van der Waals surface area (Å²) in [6, 6.07) is -1.49. The lowest BCUT2D eigenvalue weighted by molar-refractivity contribution is -0.169. The van der Waals surface area contributed by atoms with Crippen molar-refractivity contribution in [3.63, 3.8) is 0 Å². The van der Waals surface area contributed by atoms with Crippen molar-refractivity contribution in [1.29, 1.82) is 0 Å². The van der Waals surface area contributed by atoms with E-state index in [4.69, 9.17) is 4.79 Å². The number of likely N-dealkylation sites (tertiary alicyclic amines) is 1. The third kappa shape index (κ3) is 8.79. The van der Waals surface area contributed by atoms with Crippen LogP contribution >= 0.6 is 0 Å². The minimum Gasteiger partial charge on any atom is -0.362 e. The number of primary amides is 1. The van der Waals surface area contributed by atoms with Crippen molar-refractivity contribution in [3.8, 4) is 0 Å². The number of alkyl halides is 3. The van der Waals surface area contributed by atoms with Gasteiger partial charge in [-0.15, -0.1) is 0 Å². The lowest BCUT2D eigenvalue weighted by Gasteiger charge is -2.33. The Kier molecular flexibility index (Phi) is 10.8. The molecular formula is C27H41F3N4O6S. The molecule has 0 aliphatic carbocycles. The van der Waals surface area contributed by atoms with Crippen molar-refractivity contribution in [3.05, 3.63) is 22.5 Å². The highest BCUT2D eigenvalue weighted by Crippen LogP contribution is 2.35. The number of nitrogens with two attached hydrogens (primary N) is 1. The average molecular weight is 607 g/mol. The standard InChI is InChI=1S/C25H39N3O5S.C2H2F3NO/c1-15(2)18-13-20(28(14-18)24(31)16(3)25(4,5)6)23(30)27-19(12-17-9-10-26-22(17)29)21-8-7-11-34(21,32)33;3-2(4,5)1(6)7/h7-8,11,15-20H,9-10,12-14H2,1-6H3,(H,26,29)(H,27,30);(H2,6,7)/t16?,17?,18-,19+,20+;/m1./s1. The van der Waals surface area contributed by atoms with E-state index >= 15 is 0 Å². The second kappa shape index (κ2) is 13.0. The molecule has 4 amide bonds. The number of amides is 4. The van der Waals surface area contributed by atoms with Crippen LogP contribution in [0.2, 0.25) is 0 Å². The molecule has 3 rings (SSSR count). The molecule has 0 aromatic heterocycles. The summed E-state index contributed by atoms with van der Waals surface area (Å²) in [5, 5.41) is 6.81. The summed E-state index contributed by atoms with van der Waals surface area (Å²) in [6.45, 7) is 13.1. The highest BCUT2D eigenvalue weighted by Gasteiger charge is 2.45. The van der Waals surface area contributed by atoms with Crippen LogP contribution in [-0.2, 0) is 29.0 Å². The van der Waals surface area contributed by atoms with Crippen LogP contribution in [0.5, 0.6) is 0 Å². The van der Waals surface area contributed by atoms with Gasteiger partial charge in [0.25, 0.3) is 0 Å². The summed E-state index contributed by atoms with van der Waals surface area (Å²) in [5.41, 5.74) is 3.56. The zero-order chi connectivity index (χ0) is 31.5. The van der Waals surface area contributed by atoms with Crippen LogP contribution in [-0.4, -0.2) is 68.3 Å². The number of allylic oxidation sites excluding steroid dienone is 2. The normalized spacial score (nSPS) is 25.2. The summed E-state index contributed by atoms with van der Waals surface area (Å²) in [7, 11) is -3.65. The molecule has 3 aliphatic heterocycles. The predicted octanol–water partition coefficient (Wildman–Crippen LogP) is 2.41. The average Bonchev–Trinajstić information content (AvgIpc) is 3.55. The molecular weight excluding hydrogens is 565 g/mol. The lowest BCUT2D eigenvalue weighted by atomic mass is 9.81. The Morgan fingerprint density at radius 1 is 1.17 bits per heavy atom. The van der Waals surface area contributed by atoms with Crippen molar-refractivity contribution in [1.82, 2.24) is 15.5 Å². The Bertz CT molecular complexity index is 1190. The maximum atomic E-state index is 13.6. The minimum absolute atomic E-state index is 0.0584. The topological polar surface area (TPSA) is 156 Å². The number of carbonyl (C=O) groups is 4. The van der Waals surface area contributed by atoms with E-state index in [1.165, 1.54) is 12.2 Å².